The summed E-state index contributed by atoms with van der Waals surface area (Å²) >= 11 is 0. The van der Waals surface area contributed by atoms with Gasteiger partial charge in [0.05, 0.1) is 13.2 Å². The van der Waals surface area contributed by atoms with E-state index in [2.05, 4.69) is 18.7 Å². The summed E-state index contributed by atoms with van der Waals surface area (Å²) in [7, 11) is 0. The summed E-state index contributed by atoms with van der Waals surface area (Å²) in [5, 5.41) is 0. The summed E-state index contributed by atoms with van der Waals surface area (Å²) in [5.74, 6) is 0. The zero-order valence-electron chi connectivity index (χ0n) is 8.88. The van der Waals surface area contributed by atoms with Gasteiger partial charge in [-0.25, -0.2) is 0 Å². The Morgan fingerprint density at radius 1 is 1.31 bits per heavy atom. The molecular formula is C10H22N2O. The molecule has 13 heavy (non-hydrogen) atoms. The first kappa shape index (κ1) is 11.0. The molecule has 0 spiro atoms. The first-order chi connectivity index (χ1) is 6.08. The van der Waals surface area contributed by atoms with Gasteiger partial charge in [0.15, 0.2) is 0 Å². The highest BCUT2D eigenvalue weighted by Gasteiger charge is 2.13. The summed E-state index contributed by atoms with van der Waals surface area (Å²) in [6.07, 6.45) is 2.30. The quantitative estimate of drug-likeness (QED) is 0.707. The molecule has 0 saturated carbocycles. The fourth-order valence-corrected chi connectivity index (χ4v) is 1.58. The van der Waals surface area contributed by atoms with Gasteiger partial charge in [0, 0.05) is 18.6 Å². The van der Waals surface area contributed by atoms with E-state index in [0.717, 1.165) is 32.7 Å². The van der Waals surface area contributed by atoms with Crippen LogP contribution in [0.25, 0.3) is 0 Å². The summed E-state index contributed by atoms with van der Waals surface area (Å²) in [6.45, 7) is 9.32. The minimum absolute atomic E-state index is 0.00765. The van der Waals surface area contributed by atoms with Crippen molar-refractivity contribution < 1.29 is 4.74 Å². The molecule has 1 fully saturated rings. The zero-order chi connectivity index (χ0) is 9.73. The molecule has 1 heterocycles. The number of hydrogen-bond acceptors (Lipinski definition) is 3. The van der Waals surface area contributed by atoms with E-state index in [1.54, 1.807) is 0 Å². The van der Waals surface area contributed by atoms with E-state index in [9.17, 15) is 0 Å². The number of ether oxygens (including phenoxy) is 1. The van der Waals surface area contributed by atoms with Crippen molar-refractivity contribution in [3.63, 3.8) is 0 Å². The lowest BCUT2D eigenvalue weighted by Crippen LogP contribution is -2.38. The van der Waals surface area contributed by atoms with Crippen molar-refractivity contribution >= 4 is 0 Å². The van der Waals surface area contributed by atoms with Crippen LogP contribution in [0.1, 0.15) is 26.7 Å². The molecule has 3 heteroatoms. The predicted molar refractivity (Wildman–Crippen MR) is 54.8 cm³/mol. The molecule has 0 aromatic rings. The van der Waals surface area contributed by atoms with Crippen molar-refractivity contribution in [1.82, 2.24) is 4.90 Å². The van der Waals surface area contributed by atoms with Crippen molar-refractivity contribution in [3.05, 3.63) is 0 Å². The number of morpholine rings is 1. The summed E-state index contributed by atoms with van der Waals surface area (Å²) in [4.78, 5) is 2.45. The Bertz CT molecular complexity index is 136. The average molecular weight is 186 g/mol. The molecule has 1 aliphatic heterocycles. The molecule has 3 nitrogen and oxygen atoms in total. The van der Waals surface area contributed by atoms with Gasteiger partial charge < -0.3 is 10.5 Å². The lowest BCUT2D eigenvalue weighted by Gasteiger charge is -2.27. The number of nitrogens with two attached hydrogens (primary N) is 1. The SMILES string of the molecule is CC(C)(N)CCCN1CCOCC1. The maximum Gasteiger partial charge on any atom is 0.0594 e. The van der Waals surface area contributed by atoms with Gasteiger partial charge >= 0.3 is 0 Å². The monoisotopic (exact) mass is 186 g/mol. The van der Waals surface area contributed by atoms with E-state index >= 15 is 0 Å². The second-order valence-corrected chi connectivity index (χ2v) is 4.55. The van der Waals surface area contributed by atoms with Gasteiger partial charge in [0.2, 0.25) is 0 Å². The Hall–Kier alpha value is -0.120. The highest BCUT2D eigenvalue weighted by molar-refractivity contribution is 4.72. The number of hydrogen-bond donors (Lipinski definition) is 1. The van der Waals surface area contributed by atoms with Gasteiger partial charge in [-0.1, -0.05) is 0 Å². The Morgan fingerprint density at radius 2 is 1.92 bits per heavy atom. The molecule has 78 valence electrons. The first-order valence-electron chi connectivity index (χ1n) is 5.17. The summed E-state index contributed by atoms with van der Waals surface area (Å²) in [5.41, 5.74) is 5.90. The van der Waals surface area contributed by atoms with E-state index in [0.29, 0.717) is 0 Å². The summed E-state index contributed by atoms with van der Waals surface area (Å²) < 4.78 is 5.28. The molecule has 0 radical (unpaired) electrons. The highest BCUT2D eigenvalue weighted by atomic mass is 16.5. The van der Waals surface area contributed by atoms with Crippen LogP contribution in [0.5, 0.6) is 0 Å². The van der Waals surface area contributed by atoms with E-state index in [-0.39, 0.29) is 5.54 Å². The van der Waals surface area contributed by atoms with Crippen LogP contribution in [-0.4, -0.2) is 43.3 Å². The number of rotatable bonds is 4. The predicted octanol–water partition coefficient (Wildman–Crippen LogP) is 0.836. The lowest BCUT2D eigenvalue weighted by molar-refractivity contribution is 0.0366. The van der Waals surface area contributed by atoms with Crippen LogP contribution in [0.4, 0.5) is 0 Å². The van der Waals surface area contributed by atoms with Crippen LogP contribution < -0.4 is 5.73 Å². The largest absolute Gasteiger partial charge is 0.379 e. The molecule has 0 amide bonds. The second kappa shape index (κ2) is 4.94. The topological polar surface area (TPSA) is 38.5 Å². The van der Waals surface area contributed by atoms with Gasteiger partial charge in [-0.15, -0.1) is 0 Å². The molecule has 1 saturated heterocycles. The molecule has 0 unspecified atom stereocenters. The Morgan fingerprint density at radius 3 is 2.46 bits per heavy atom. The average Bonchev–Trinajstić information content (AvgIpc) is 2.04. The van der Waals surface area contributed by atoms with Gasteiger partial charge in [-0.3, -0.25) is 4.90 Å². The van der Waals surface area contributed by atoms with Crippen molar-refractivity contribution in [3.8, 4) is 0 Å². The molecule has 0 aliphatic carbocycles. The highest BCUT2D eigenvalue weighted by Crippen LogP contribution is 2.08. The van der Waals surface area contributed by atoms with Crippen LogP contribution in [0.2, 0.25) is 0 Å². The van der Waals surface area contributed by atoms with E-state index in [1.807, 2.05) is 0 Å². The fraction of sp³-hybridized carbons (Fsp3) is 1.00. The van der Waals surface area contributed by atoms with Crippen molar-refractivity contribution in [2.45, 2.75) is 32.2 Å². The van der Waals surface area contributed by atoms with E-state index in [4.69, 9.17) is 10.5 Å². The Kier molecular flexibility index (Phi) is 4.16. The van der Waals surface area contributed by atoms with Crippen LogP contribution in [0.3, 0.4) is 0 Å². The Labute approximate surface area is 81.2 Å². The first-order valence-corrected chi connectivity index (χ1v) is 5.17. The molecule has 1 aliphatic rings. The Balaban J connectivity index is 2.04. The minimum atomic E-state index is -0.00765. The maximum atomic E-state index is 5.91. The van der Waals surface area contributed by atoms with Gasteiger partial charge in [-0.2, -0.15) is 0 Å². The second-order valence-electron chi connectivity index (χ2n) is 4.55. The van der Waals surface area contributed by atoms with Crippen LogP contribution in [-0.2, 0) is 4.74 Å². The summed E-state index contributed by atoms with van der Waals surface area (Å²) in [6, 6.07) is 0. The third-order valence-electron chi connectivity index (χ3n) is 2.40. The molecule has 0 aromatic carbocycles. The van der Waals surface area contributed by atoms with Crippen LogP contribution >= 0.6 is 0 Å². The molecule has 2 N–H and O–H groups in total. The third-order valence-corrected chi connectivity index (χ3v) is 2.40. The minimum Gasteiger partial charge on any atom is -0.379 e. The smallest absolute Gasteiger partial charge is 0.0594 e. The number of nitrogens with zero attached hydrogens (tertiary/aromatic N) is 1. The molecule has 1 rings (SSSR count). The van der Waals surface area contributed by atoms with Gasteiger partial charge in [0.1, 0.15) is 0 Å². The molecular weight excluding hydrogens is 164 g/mol. The molecule has 0 atom stereocenters. The third kappa shape index (κ3) is 5.24. The van der Waals surface area contributed by atoms with E-state index in [1.165, 1.54) is 13.0 Å². The van der Waals surface area contributed by atoms with Crippen molar-refractivity contribution in [2.24, 2.45) is 5.73 Å². The van der Waals surface area contributed by atoms with Crippen LogP contribution in [0.15, 0.2) is 0 Å². The standard InChI is InChI=1S/C10H22N2O/c1-10(2,11)4-3-5-12-6-8-13-9-7-12/h3-9,11H2,1-2H3. The van der Waals surface area contributed by atoms with Gasteiger partial charge in [-0.05, 0) is 33.2 Å². The van der Waals surface area contributed by atoms with Crippen molar-refractivity contribution in [1.29, 1.82) is 0 Å². The van der Waals surface area contributed by atoms with Crippen LogP contribution in [0, 0.1) is 0 Å². The maximum absolute atomic E-state index is 5.91. The fourth-order valence-electron chi connectivity index (χ4n) is 1.58. The normalized spacial score (nSPS) is 20.5. The zero-order valence-corrected chi connectivity index (χ0v) is 8.88. The molecule has 0 bridgehead atoms. The lowest BCUT2D eigenvalue weighted by atomic mass is 10.00. The molecule has 0 aromatic heterocycles. The van der Waals surface area contributed by atoms with E-state index < -0.39 is 0 Å². The van der Waals surface area contributed by atoms with Gasteiger partial charge in [0.25, 0.3) is 0 Å². The van der Waals surface area contributed by atoms with Crippen molar-refractivity contribution in [2.75, 3.05) is 32.8 Å².